The lowest BCUT2D eigenvalue weighted by Gasteiger charge is -2.12. The molecule has 0 N–H and O–H groups in total. The molecule has 1 atom stereocenters. The molecule has 100 valence electrons. The molecule has 0 aliphatic carbocycles. The van der Waals surface area contributed by atoms with Crippen molar-refractivity contribution in [2.24, 2.45) is 0 Å². The van der Waals surface area contributed by atoms with Gasteiger partial charge in [0, 0.05) is 15.1 Å². The lowest BCUT2D eigenvalue weighted by atomic mass is 9.90. The van der Waals surface area contributed by atoms with Gasteiger partial charge < -0.3 is 0 Å². The summed E-state index contributed by atoms with van der Waals surface area (Å²) in [5.74, 6) is -1.13. The molecule has 2 aromatic rings. The number of benzene rings is 2. The van der Waals surface area contributed by atoms with Crippen molar-refractivity contribution < 1.29 is 4.79 Å². The fraction of sp³-hybridized carbons (Fsp3) is 0.125. The van der Waals surface area contributed by atoms with E-state index in [4.69, 9.17) is 11.6 Å². The minimum atomic E-state index is -0.892. The van der Waals surface area contributed by atoms with Crippen LogP contribution in [-0.2, 0) is 0 Å². The predicted octanol–water partition coefficient (Wildman–Crippen LogP) is 4.90. The number of hydrogen-bond donors (Lipinski definition) is 0. The Balaban J connectivity index is 2.49. The molecule has 0 radical (unpaired) electrons. The number of carbonyl (C=O) groups excluding carboxylic acids is 1. The van der Waals surface area contributed by atoms with E-state index < -0.39 is 5.92 Å². The van der Waals surface area contributed by atoms with Crippen LogP contribution in [0, 0.1) is 18.3 Å². The third-order valence-corrected chi connectivity index (χ3v) is 4.34. The Morgan fingerprint density at radius 3 is 2.60 bits per heavy atom. The van der Waals surface area contributed by atoms with Gasteiger partial charge in [-0.1, -0.05) is 57.9 Å². The van der Waals surface area contributed by atoms with Crippen LogP contribution in [0.5, 0.6) is 0 Å². The van der Waals surface area contributed by atoms with Gasteiger partial charge in [-0.25, -0.2) is 0 Å². The van der Waals surface area contributed by atoms with E-state index in [1.165, 1.54) is 0 Å². The van der Waals surface area contributed by atoms with Crippen LogP contribution >= 0.6 is 27.5 Å². The molecule has 0 amide bonds. The Hall–Kier alpha value is -1.63. The first-order valence-electron chi connectivity index (χ1n) is 5.99. The van der Waals surface area contributed by atoms with Crippen molar-refractivity contribution in [3.05, 3.63) is 68.7 Å². The second kappa shape index (κ2) is 6.21. The van der Waals surface area contributed by atoms with E-state index in [1.54, 1.807) is 36.4 Å². The lowest BCUT2D eigenvalue weighted by Crippen LogP contribution is -2.13. The van der Waals surface area contributed by atoms with Crippen LogP contribution in [0.1, 0.15) is 27.4 Å². The maximum absolute atomic E-state index is 12.6. The smallest absolute Gasteiger partial charge is 0.184 e. The van der Waals surface area contributed by atoms with Crippen LogP contribution in [-0.4, -0.2) is 5.78 Å². The van der Waals surface area contributed by atoms with Gasteiger partial charge in [0.15, 0.2) is 5.78 Å². The van der Waals surface area contributed by atoms with Gasteiger partial charge in [-0.05, 0) is 30.2 Å². The molecule has 20 heavy (non-hydrogen) atoms. The number of halogens is 2. The number of nitriles is 1. The molecule has 0 aliphatic rings. The average molecular weight is 349 g/mol. The molecule has 1 unspecified atom stereocenters. The molecule has 2 nitrogen and oxygen atoms in total. The largest absolute Gasteiger partial charge is 0.292 e. The van der Waals surface area contributed by atoms with Crippen molar-refractivity contribution in [1.82, 2.24) is 0 Å². The molecule has 2 rings (SSSR count). The van der Waals surface area contributed by atoms with Crippen molar-refractivity contribution in [3.63, 3.8) is 0 Å². The molecular formula is C16H11BrClNO. The summed E-state index contributed by atoms with van der Waals surface area (Å²) < 4.78 is 0.846. The van der Waals surface area contributed by atoms with Gasteiger partial charge in [-0.3, -0.25) is 4.79 Å². The van der Waals surface area contributed by atoms with Gasteiger partial charge in [0.05, 0.1) is 6.07 Å². The number of hydrogen-bond acceptors (Lipinski definition) is 2. The van der Waals surface area contributed by atoms with Gasteiger partial charge >= 0.3 is 0 Å². The summed E-state index contributed by atoms with van der Waals surface area (Å²) in [6, 6.07) is 14.4. The Bertz CT molecular complexity index is 706. The molecule has 0 spiro atoms. The average Bonchev–Trinajstić information content (AvgIpc) is 2.44. The maximum Gasteiger partial charge on any atom is 0.184 e. The summed E-state index contributed by atoms with van der Waals surface area (Å²) in [5, 5.41) is 9.79. The third kappa shape index (κ3) is 2.77. The molecule has 2 aromatic carbocycles. The van der Waals surface area contributed by atoms with Crippen LogP contribution in [0.4, 0.5) is 0 Å². The quantitative estimate of drug-likeness (QED) is 0.740. The maximum atomic E-state index is 12.6. The zero-order chi connectivity index (χ0) is 14.7. The van der Waals surface area contributed by atoms with E-state index in [-0.39, 0.29) is 5.78 Å². The second-order valence-corrected chi connectivity index (χ2v) is 5.62. The predicted molar refractivity (Wildman–Crippen MR) is 83.0 cm³/mol. The molecular weight excluding hydrogens is 338 g/mol. The van der Waals surface area contributed by atoms with Crippen molar-refractivity contribution in [2.75, 3.05) is 0 Å². The van der Waals surface area contributed by atoms with E-state index in [2.05, 4.69) is 22.0 Å². The van der Waals surface area contributed by atoms with Crippen molar-refractivity contribution >= 4 is 33.3 Å². The summed E-state index contributed by atoms with van der Waals surface area (Å²) in [6.45, 7) is 1.85. The van der Waals surface area contributed by atoms with Crippen LogP contribution in [0.2, 0.25) is 5.02 Å². The lowest BCUT2D eigenvalue weighted by molar-refractivity contribution is 0.0978. The van der Waals surface area contributed by atoms with E-state index in [0.717, 1.165) is 10.0 Å². The number of ketones is 1. The fourth-order valence-electron chi connectivity index (χ4n) is 2.01. The Morgan fingerprint density at radius 1 is 1.25 bits per heavy atom. The minimum Gasteiger partial charge on any atom is -0.292 e. The van der Waals surface area contributed by atoms with Crippen LogP contribution < -0.4 is 0 Å². The zero-order valence-corrected chi connectivity index (χ0v) is 13.1. The topological polar surface area (TPSA) is 40.9 Å². The first-order valence-corrected chi connectivity index (χ1v) is 7.16. The minimum absolute atomic E-state index is 0.237. The molecule has 0 bridgehead atoms. The molecule has 0 fully saturated rings. The van der Waals surface area contributed by atoms with E-state index >= 15 is 0 Å². The molecule has 0 aliphatic heterocycles. The molecule has 4 heteroatoms. The summed E-state index contributed by atoms with van der Waals surface area (Å²) in [5.41, 5.74) is 1.90. The number of rotatable bonds is 3. The number of carbonyl (C=O) groups is 1. The van der Waals surface area contributed by atoms with Crippen LogP contribution in [0.15, 0.2) is 46.9 Å². The molecule has 0 saturated heterocycles. The highest BCUT2D eigenvalue weighted by Crippen LogP contribution is 2.29. The van der Waals surface area contributed by atoms with Crippen LogP contribution in [0.3, 0.4) is 0 Å². The molecule has 0 aromatic heterocycles. The molecule has 0 heterocycles. The van der Waals surface area contributed by atoms with Gasteiger partial charge in [0.25, 0.3) is 0 Å². The van der Waals surface area contributed by atoms with Gasteiger partial charge in [0.1, 0.15) is 5.92 Å². The van der Waals surface area contributed by atoms with Gasteiger partial charge in [0.2, 0.25) is 0 Å². The summed E-state index contributed by atoms with van der Waals surface area (Å²) in [7, 11) is 0. The Kier molecular flexibility index (Phi) is 4.59. The van der Waals surface area contributed by atoms with Crippen LogP contribution in [0.25, 0.3) is 0 Å². The van der Waals surface area contributed by atoms with E-state index in [1.807, 2.05) is 13.0 Å². The molecule has 0 saturated carbocycles. The standard InChI is InChI=1S/C16H11BrClNO/c1-10-11(6-4-7-14(10)17)16(20)13(9-19)12-5-2-3-8-15(12)18/h2-8,13H,1H3. The SMILES string of the molecule is Cc1c(Br)cccc1C(=O)C(C#N)c1ccccc1Cl. The number of nitrogens with zero attached hydrogens (tertiary/aromatic N) is 1. The van der Waals surface area contributed by atoms with E-state index in [9.17, 15) is 10.1 Å². The summed E-state index contributed by atoms with van der Waals surface area (Å²) in [6.07, 6.45) is 0. The summed E-state index contributed by atoms with van der Waals surface area (Å²) in [4.78, 5) is 12.6. The highest BCUT2D eigenvalue weighted by Gasteiger charge is 2.25. The van der Waals surface area contributed by atoms with Crippen molar-refractivity contribution in [1.29, 1.82) is 5.26 Å². The Morgan fingerprint density at radius 2 is 1.95 bits per heavy atom. The zero-order valence-electron chi connectivity index (χ0n) is 10.7. The van der Waals surface area contributed by atoms with Gasteiger partial charge in [-0.15, -0.1) is 0 Å². The van der Waals surface area contributed by atoms with Crippen molar-refractivity contribution in [2.45, 2.75) is 12.8 Å². The highest BCUT2D eigenvalue weighted by molar-refractivity contribution is 9.10. The highest BCUT2D eigenvalue weighted by atomic mass is 79.9. The monoisotopic (exact) mass is 347 g/mol. The summed E-state index contributed by atoms with van der Waals surface area (Å²) >= 11 is 9.48. The van der Waals surface area contributed by atoms with Gasteiger partial charge in [-0.2, -0.15) is 5.26 Å². The normalized spacial score (nSPS) is 11.7. The Labute approximate surface area is 131 Å². The number of Topliss-reactive ketones (excluding diaryl/α,β-unsaturated/α-hetero) is 1. The van der Waals surface area contributed by atoms with E-state index in [0.29, 0.717) is 16.1 Å². The first-order chi connectivity index (χ1) is 9.56. The second-order valence-electron chi connectivity index (χ2n) is 4.36. The third-order valence-electron chi connectivity index (χ3n) is 3.14. The first kappa shape index (κ1) is 14.8. The fourth-order valence-corrected chi connectivity index (χ4v) is 2.62. The van der Waals surface area contributed by atoms with Crippen molar-refractivity contribution in [3.8, 4) is 6.07 Å².